The highest BCUT2D eigenvalue weighted by Crippen LogP contribution is 2.25. The smallest absolute Gasteiger partial charge is 0.143 e. The summed E-state index contributed by atoms with van der Waals surface area (Å²) in [5, 5.41) is 0.661. The van der Waals surface area contributed by atoms with Crippen LogP contribution in [0.15, 0.2) is 18.2 Å². The van der Waals surface area contributed by atoms with Crippen molar-refractivity contribution in [2.45, 2.75) is 32.6 Å². The van der Waals surface area contributed by atoms with E-state index in [4.69, 9.17) is 22.1 Å². The first kappa shape index (κ1) is 15.5. The fourth-order valence-corrected chi connectivity index (χ4v) is 2.84. The molecule has 112 valence electrons. The first-order valence-electron chi connectivity index (χ1n) is 7.55. The van der Waals surface area contributed by atoms with Crippen molar-refractivity contribution in [3.05, 3.63) is 23.2 Å². The van der Waals surface area contributed by atoms with Crippen LogP contribution in [0.4, 0.5) is 5.69 Å². The zero-order chi connectivity index (χ0) is 14.4. The Morgan fingerprint density at radius 3 is 2.65 bits per heavy atom. The van der Waals surface area contributed by atoms with E-state index in [-0.39, 0.29) is 0 Å². The predicted octanol–water partition coefficient (Wildman–Crippen LogP) is 3.81. The molecule has 0 aliphatic carbocycles. The lowest BCUT2D eigenvalue weighted by molar-refractivity contribution is 0.189. The third-order valence-corrected chi connectivity index (χ3v) is 4.00. The number of hydrogen-bond donors (Lipinski definition) is 1. The Morgan fingerprint density at radius 1 is 1.25 bits per heavy atom. The Hall–Kier alpha value is -0.930. The predicted molar refractivity (Wildman–Crippen MR) is 85.4 cm³/mol. The van der Waals surface area contributed by atoms with Gasteiger partial charge in [0.05, 0.1) is 12.3 Å². The highest BCUT2D eigenvalue weighted by atomic mass is 35.5. The first-order valence-corrected chi connectivity index (χ1v) is 7.93. The van der Waals surface area contributed by atoms with Crippen molar-refractivity contribution in [2.75, 3.05) is 32.0 Å². The van der Waals surface area contributed by atoms with E-state index in [0.717, 1.165) is 6.54 Å². The molecule has 0 saturated carbocycles. The zero-order valence-electron chi connectivity index (χ0n) is 12.3. The molecule has 0 radical (unpaired) electrons. The lowest BCUT2D eigenvalue weighted by atomic mass is 10.2. The monoisotopic (exact) mass is 296 g/mol. The lowest BCUT2D eigenvalue weighted by Crippen LogP contribution is -2.31. The van der Waals surface area contributed by atoms with Gasteiger partial charge < -0.3 is 15.4 Å². The largest absolute Gasteiger partial charge is 0.491 e. The maximum absolute atomic E-state index is 5.96. The van der Waals surface area contributed by atoms with Crippen molar-refractivity contribution < 1.29 is 4.74 Å². The number of likely N-dealkylation sites (tertiary alicyclic amines) is 1. The second kappa shape index (κ2) is 7.75. The van der Waals surface area contributed by atoms with Crippen molar-refractivity contribution in [3.8, 4) is 5.75 Å². The standard InChI is InChI=1S/C16H25ClN2O/c1-13(11-19-8-4-2-3-5-9-19)12-20-16-10-14(17)6-7-15(16)18/h6-7,10,13H,2-5,8-9,11-12,18H2,1H3. The molecule has 1 heterocycles. The molecule has 0 aromatic heterocycles. The molecule has 1 aromatic rings. The van der Waals surface area contributed by atoms with Crippen LogP contribution in [0.3, 0.4) is 0 Å². The third-order valence-electron chi connectivity index (χ3n) is 3.77. The Morgan fingerprint density at radius 2 is 1.95 bits per heavy atom. The molecule has 2 rings (SSSR count). The first-order chi connectivity index (χ1) is 9.65. The molecule has 0 amide bonds. The number of rotatable bonds is 5. The molecule has 1 unspecified atom stereocenters. The molecule has 3 nitrogen and oxygen atoms in total. The Balaban J connectivity index is 1.79. The summed E-state index contributed by atoms with van der Waals surface area (Å²) in [7, 11) is 0. The van der Waals surface area contributed by atoms with Crippen LogP contribution in [-0.4, -0.2) is 31.1 Å². The minimum Gasteiger partial charge on any atom is -0.491 e. The molecule has 0 spiro atoms. The number of nitrogens with zero attached hydrogens (tertiary/aromatic N) is 1. The SMILES string of the molecule is CC(COc1cc(Cl)ccc1N)CN1CCCCCC1. The van der Waals surface area contributed by atoms with Gasteiger partial charge in [0.25, 0.3) is 0 Å². The van der Waals surface area contributed by atoms with Crippen LogP contribution in [0.25, 0.3) is 0 Å². The molecule has 1 fully saturated rings. The van der Waals surface area contributed by atoms with Crippen molar-refractivity contribution in [2.24, 2.45) is 5.92 Å². The summed E-state index contributed by atoms with van der Waals surface area (Å²) in [4.78, 5) is 2.56. The number of nitrogens with two attached hydrogens (primary N) is 1. The third kappa shape index (κ3) is 4.88. The van der Waals surface area contributed by atoms with Crippen LogP contribution >= 0.6 is 11.6 Å². The maximum atomic E-state index is 5.96. The number of anilines is 1. The second-order valence-electron chi connectivity index (χ2n) is 5.81. The van der Waals surface area contributed by atoms with Crippen LogP contribution in [0.5, 0.6) is 5.75 Å². The van der Waals surface area contributed by atoms with Gasteiger partial charge in [-0.3, -0.25) is 0 Å². The molecule has 4 heteroatoms. The Labute approximate surface area is 127 Å². The van der Waals surface area contributed by atoms with Gasteiger partial charge in [-0.2, -0.15) is 0 Å². The Bertz CT molecular complexity index is 417. The van der Waals surface area contributed by atoms with E-state index in [1.807, 2.05) is 0 Å². The average molecular weight is 297 g/mol. The lowest BCUT2D eigenvalue weighted by Gasteiger charge is -2.24. The van der Waals surface area contributed by atoms with Crippen LogP contribution in [-0.2, 0) is 0 Å². The van der Waals surface area contributed by atoms with Crippen LogP contribution < -0.4 is 10.5 Å². The highest BCUT2D eigenvalue weighted by molar-refractivity contribution is 6.30. The molecule has 1 aromatic carbocycles. The molecule has 1 atom stereocenters. The number of ether oxygens (including phenoxy) is 1. The molecule has 1 saturated heterocycles. The van der Waals surface area contributed by atoms with Crippen molar-refractivity contribution in [1.82, 2.24) is 4.90 Å². The van der Waals surface area contributed by atoms with Gasteiger partial charge in [0.15, 0.2) is 0 Å². The van der Waals surface area contributed by atoms with Gasteiger partial charge in [0.2, 0.25) is 0 Å². The van der Waals surface area contributed by atoms with E-state index in [0.29, 0.717) is 29.0 Å². The van der Waals surface area contributed by atoms with Crippen LogP contribution in [0.1, 0.15) is 32.6 Å². The fraction of sp³-hybridized carbons (Fsp3) is 0.625. The maximum Gasteiger partial charge on any atom is 0.143 e. The van der Waals surface area contributed by atoms with Crippen LogP contribution in [0.2, 0.25) is 5.02 Å². The van der Waals surface area contributed by atoms with Gasteiger partial charge >= 0.3 is 0 Å². The molecule has 2 N–H and O–H groups in total. The summed E-state index contributed by atoms with van der Waals surface area (Å²) >= 11 is 5.96. The minimum absolute atomic E-state index is 0.492. The van der Waals surface area contributed by atoms with E-state index in [2.05, 4.69) is 11.8 Å². The summed E-state index contributed by atoms with van der Waals surface area (Å²) < 4.78 is 5.82. The highest BCUT2D eigenvalue weighted by Gasteiger charge is 2.13. The van der Waals surface area contributed by atoms with E-state index in [1.54, 1.807) is 18.2 Å². The quantitative estimate of drug-likeness (QED) is 0.840. The topological polar surface area (TPSA) is 38.5 Å². The van der Waals surface area contributed by atoms with Crippen LogP contribution in [0, 0.1) is 5.92 Å². The van der Waals surface area contributed by atoms with Gasteiger partial charge in [-0.25, -0.2) is 0 Å². The van der Waals surface area contributed by atoms with Crippen molar-refractivity contribution in [1.29, 1.82) is 0 Å². The molecular formula is C16H25ClN2O. The van der Waals surface area contributed by atoms with Crippen molar-refractivity contribution in [3.63, 3.8) is 0 Å². The summed E-state index contributed by atoms with van der Waals surface area (Å²) in [6.45, 7) is 6.46. The summed E-state index contributed by atoms with van der Waals surface area (Å²) in [5.41, 5.74) is 6.54. The molecule has 0 bridgehead atoms. The molecule has 1 aliphatic heterocycles. The van der Waals surface area contributed by atoms with E-state index in [9.17, 15) is 0 Å². The van der Waals surface area contributed by atoms with E-state index < -0.39 is 0 Å². The van der Waals surface area contributed by atoms with E-state index >= 15 is 0 Å². The minimum atomic E-state index is 0.492. The Kier molecular flexibility index (Phi) is 5.99. The van der Waals surface area contributed by atoms with Gasteiger partial charge in [0.1, 0.15) is 5.75 Å². The summed E-state index contributed by atoms with van der Waals surface area (Å²) in [6, 6.07) is 5.36. The molecular weight excluding hydrogens is 272 g/mol. The molecule has 1 aliphatic rings. The van der Waals surface area contributed by atoms with Crippen molar-refractivity contribution >= 4 is 17.3 Å². The van der Waals surface area contributed by atoms with Gasteiger partial charge in [-0.15, -0.1) is 0 Å². The van der Waals surface area contributed by atoms with Gasteiger partial charge in [0, 0.05) is 23.6 Å². The average Bonchev–Trinajstić information content (AvgIpc) is 2.68. The van der Waals surface area contributed by atoms with Gasteiger partial charge in [-0.05, 0) is 38.1 Å². The van der Waals surface area contributed by atoms with E-state index in [1.165, 1.54) is 38.8 Å². The summed E-state index contributed by atoms with van der Waals surface area (Å²) in [5.74, 6) is 1.19. The normalized spacial score (nSPS) is 18.5. The fourth-order valence-electron chi connectivity index (χ4n) is 2.68. The number of benzene rings is 1. The zero-order valence-corrected chi connectivity index (χ0v) is 13.0. The number of halogens is 1. The number of nitrogen functional groups attached to an aromatic ring is 1. The number of hydrogen-bond acceptors (Lipinski definition) is 3. The molecule has 20 heavy (non-hydrogen) atoms. The van der Waals surface area contributed by atoms with Gasteiger partial charge in [-0.1, -0.05) is 31.4 Å². The summed E-state index contributed by atoms with van der Waals surface area (Å²) in [6.07, 6.45) is 5.41. The second-order valence-corrected chi connectivity index (χ2v) is 6.25.